The summed E-state index contributed by atoms with van der Waals surface area (Å²) in [6.07, 6.45) is 1.49. The van der Waals surface area contributed by atoms with Crippen molar-refractivity contribution >= 4 is 11.6 Å². The Balaban J connectivity index is 1.53. The number of benzene rings is 2. The fourth-order valence-corrected chi connectivity index (χ4v) is 2.40. The quantitative estimate of drug-likeness (QED) is 0.597. The molecule has 0 saturated carbocycles. The Bertz CT molecular complexity index is 993. The molecule has 0 aliphatic heterocycles. The minimum Gasteiger partial charge on any atom is -0.321 e. The number of nitrogens with one attached hydrogen (secondary N) is 2. The van der Waals surface area contributed by atoms with Crippen LogP contribution in [0.4, 0.5) is 5.69 Å². The van der Waals surface area contributed by atoms with Crippen LogP contribution in [0.3, 0.4) is 0 Å². The van der Waals surface area contributed by atoms with Crippen LogP contribution in [0.2, 0.25) is 0 Å². The van der Waals surface area contributed by atoms with Crippen molar-refractivity contribution in [1.29, 1.82) is 0 Å². The van der Waals surface area contributed by atoms with Crippen molar-refractivity contribution in [1.82, 2.24) is 30.4 Å². The number of tetrazole rings is 1. The standard InChI is InChI=1S/C17H13N7O/c25-17(16-10-15(20-21-16)12-5-2-1-3-6-12)19-13-7-4-8-14(9-13)24-11-18-22-23-24/h1-11H,(H,19,25)(H,20,21). The Hall–Kier alpha value is -3.81. The minimum atomic E-state index is -0.274. The molecule has 2 aromatic heterocycles. The predicted octanol–water partition coefficient (Wildman–Crippen LogP) is 2.30. The lowest BCUT2D eigenvalue weighted by Crippen LogP contribution is -2.12. The summed E-state index contributed by atoms with van der Waals surface area (Å²) in [5.74, 6) is -0.274. The van der Waals surface area contributed by atoms with Crippen molar-refractivity contribution in [3.05, 3.63) is 72.7 Å². The van der Waals surface area contributed by atoms with Crippen molar-refractivity contribution in [2.45, 2.75) is 0 Å². The molecule has 0 atom stereocenters. The first-order valence-electron chi connectivity index (χ1n) is 7.55. The topological polar surface area (TPSA) is 101 Å². The van der Waals surface area contributed by atoms with Crippen LogP contribution >= 0.6 is 0 Å². The molecule has 4 aromatic rings. The molecule has 8 heteroatoms. The maximum atomic E-state index is 12.4. The second-order valence-electron chi connectivity index (χ2n) is 5.29. The van der Waals surface area contributed by atoms with E-state index in [1.165, 1.54) is 11.0 Å². The van der Waals surface area contributed by atoms with Gasteiger partial charge in [-0.15, -0.1) is 5.10 Å². The van der Waals surface area contributed by atoms with E-state index in [9.17, 15) is 4.79 Å². The lowest BCUT2D eigenvalue weighted by atomic mass is 10.1. The first-order valence-corrected chi connectivity index (χ1v) is 7.55. The molecule has 4 rings (SSSR count). The van der Waals surface area contributed by atoms with Crippen LogP contribution in [-0.4, -0.2) is 36.3 Å². The van der Waals surface area contributed by atoms with E-state index in [2.05, 4.69) is 31.0 Å². The van der Waals surface area contributed by atoms with E-state index in [4.69, 9.17) is 0 Å². The second-order valence-corrected chi connectivity index (χ2v) is 5.29. The molecule has 25 heavy (non-hydrogen) atoms. The number of H-pyrrole nitrogens is 1. The van der Waals surface area contributed by atoms with Crippen LogP contribution < -0.4 is 5.32 Å². The van der Waals surface area contributed by atoms with Crippen molar-refractivity contribution in [2.24, 2.45) is 0 Å². The van der Waals surface area contributed by atoms with Crippen molar-refractivity contribution in [2.75, 3.05) is 5.32 Å². The van der Waals surface area contributed by atoms with Gasteiger partial charge in [-0.05, 0) is 34.7 Å². The Morgan fingerprint density at radius 2 is 1.92 bits per heavy atom. The van der Waals surface area contributed by atoms with Crippen LogP contribution in [0.1, 0.15) is 10.5 Å². The molecule has 0 unspecified atom stereocenters. The SMILES string of the molecule is O=C(Nc1cccc(-n2cnnn2)c1)c1cc(-c2ccccc2)n[nH]1. The number of rotatable bonds is 4. The second kappa shape index (κ2) is 6.36. The van der Waals surface area contributed by atoms with Gasteiger partial charge in [-0.25, -0.2) is 4.68 Å². The average Bonchev–Trinajstić information content (AvgIpc) is 3.35. The summed E-state index contributed by atoms with van der Waals surface area (Å²) in [7, 11) is 0. The summed E-state index contributed by atoms with van der Waals surface area (Å²) in [6, 6.07) is 18.6. The molecule has 0 bridgehead atoms. The zero-order chi connectivity index (χ0) is 17.1. The van der Waals surface area contributed by atoms with Crippen LogP contribution in [0, 0.1) is 0 Å². The number of carbonyl (C=O) groups excluding carboxylic acids is 1. The highest BCUT2D eigenvalue weighted by Gasteiger charge is 2.11. The molecule has 122 valence electrons. The van der Waals surface area contributed by atoms with Gasteiger partial charge in [0, 0.05) is 11.3 Å². The monoisotopic (exact) mass is 331 g/mol. The molecule has 0 spiro atoms. The summed E-state index contributed by atoms with van der Waals surface area (Å²) < 4.78 is 1.51. The largest absolute Gasteiger partial charge is 0.321 e. The molecule has 8 nitrogen and oxygen atoms in total. The fraction of sp³-hybridized carbons (Fsp3) is 0. The van der Waals surface area contributed by atoms with Crippen LogP contribution in [0.15, 0.2) is 67.0 Å². The van der Waals surface area contributed by atoms with Crippen LogP contribution in [0.5, 0.6) is 0 Å². The predicted molar refractivity (Wildman–Crippen MR) is 91.1 cm³/mol. The van der Waals surface area contributed by atoms with E-state index in [1.807, 2.05) is 42.5 Å². The van der Waals surface area contributed by atoms with Gasteiger partial charge in [0.25, 0.3) is 5.91 Å². The molecule has 0 fully saturated rings. The number of nitrogens with zero attached hydrogens (tertiary/aromatic N) is 5. The number of hydrogen-bond acceptors (Lipinski definition) is 5. The number of carbonyl (C=O) groups is 1. The first kappa shape index (κ1) is 14.8. The summed E-state index contributed by atoms with van der Waals surface area (Å²) >= 11 is 0. The molecular weight excluding hydrogens is 318 g/mol. The third-order valence-electron chi connectivity index (χ3n) is 3.61. The highest BCUT2D eigenvalue weighted by Crippen LogP contribution is 2.18. The minimum absolute atomic E-state index is 0.274. The molecule has 2 N–H and O–H groups in total. The van der Waals surface area contributed by atoms with Crippen LogP contribution in [0.25, 0.3) is 16.9 Å². The van der Waals surface area contributed by atoms with Crippen LogP contribution in [-0.2, 0) is 0 Å². The Morgan fingerprint density at radius 3 is 2.72 bits per heavy atom. The zero-order valence-corrected chi connectivity index (χ0v) is 13.0. The zero-order valence-electron chi connectivity index (χ0n) is 13.0. The fourth-order valence-electron chi connectivity index (χ4n) is 2.40. The third-order valence-corrected chi connectivity index (χ3v) is 3.61. The normalized spacial score (nSPS) is 10.6. The Kier molecular flexibility index (Phi) is 3.76. The molecule has 0 aliphatic carbocycles. The molecule has 0 radical (unpaired) electrons. The van der Waals surface area contributed by atoms with E-state index in [1.54, 1.807) is 18.2 Å². The molecule has 2 heterocycles. The van der Waals surface area contributed by atoms with Gasteiger partial charge in [-0.3, -0.25) is 9.89 Å². The summed E-state index contributed by atoms with van der Waals surface area (Å²) in [6.45, 7) is 0. The van der Waals surface area contributed by atoms with E-state index >= 15 is 0 Å². The van der Waals surface area contributed by atoms with Gasteiger partial charge in [0.05, 0.1) is 11.4 Å². The van der Waals surface area contributed by atoms with Gasteiger partial charge >= 0.3 is 0 Å². The number of aromatic nitrogens is 6. The van der Waals surface area contributed by atoms with Gasteiger partial charge in [-0.2, -0.15) is 5.10 Å². The highest BCUT2D eigenvalue weighted by atomic mass is 16.1. The number of aromatic amines is 1. The third kappa shape index (κ3) is 3.13. The summed E-state index contributed by atoms with van der Waals surface area (Å²) in [5, 5.41) is 20.8. The molecule has 0 saturated heterocycles. The number of amides is 1. The van der Waals surface area contributed by atoms with Gasteiger partial charge in [0.2, 0.25) is 0 Å². The van der Waals surface area contributed by atoms with E-state index in [0.29, 0.717) is 17.1 Å². The van der Waals surface area contributed by atoms with Crippen molar-refractivity contribution in [3.8, 4) is 16.9 Å². The number of hydrogen-bond donors (Lipinski definition) is 2. The highest BCUT2D eigenvalue weighted by molar-refractivity contribution is 6.03. The maximum Gasteiger partial charge on any atom is 0.273 e. The summed E-state index contributed by atoms with van der Waals surface area (Å²) in [5.41, 5.74) is 3.42. The molecule has 2 aromatic carbocycles. The van der Waals surface area contributed by atoms with Crippen molar-refractivity contribution in [3.63, 3.8) is 0 Å². The van der Waals surface area contributed by atoms with Gasteiger partial charge in [0.1, 0.15) is 12.0 Å². The molecular formula is C17H13N7O. The molecule has 0 aliphatic rings. The average molecular weight is 331 g/mol. The van der Waals surface area contributed by atoms with E-state index in [-0.39, 0.29) is 5.91 Å². The summed E-state index contributed by atoms with van der Waals surface area (Å²) in [4.78, 5) is 12.4. The van der Waals surface area contributed by atoms with E-state index < -0.39 is 0 Å². The Labute approximate surface area is 142 Å². The Morgan fingerprint density at radius 1 is 1.04 bits per heavy atom. The lowest BCUT2D eigenvalue weighted by molar-refractivity contribution is 0.102. The van der Waals surface area contributed by atoms with Crippen molar-refractivity contribution < 1.29 is 4.79 Å². The lowest BCUT2D eigenvalue weighted by Gasteiger charge is -2.05. The van der Waals surface area contributed by atoms with Gasteiger partial charge in [-0.1, -0.05) is 36.4 Å². The van der Waals surface area contributed by atoms with E-state index in [0.717, 1.165) is 11.3 Å². The smallest absolute Gasteiger partial charge is 0.273 e. The first-order chi connectivity index (χ1) is 12.3. The van der Waals surface area contributed by atoms with Gasteiger partial charge in [0.15, 0.2) is 0 Å². The van der Waals surface area contributed by atoms with Gasteiger partial charge < -0.3 is 5.32 Å². The maximum absolute atomic E-state index is 12.4. The molecule has 1 amide bonds. The number of anilines is 1.